The van der Waals surface area contributed by atoms with Crippen LogP contribution in [-0.2, 0) is 9.31 Å². The molecule has 1 aromatic rings. The van der Waals surface area contributed by atoms with E-state index in [1.807, 2.05) is 6.07 Å². The summed E-state index contributed by atoms with van der Waals surface area (Å²) in [6.45, 7) is 10.3. The van der Waals surface area contributed by atoms with Gasteiger partial charge in [0.15, 0.2) is 0 Å². The molecule has 0 aliphatic carbocycles. The lowest BCUT2D eigenvalue weighted by molar-refractivity contribution is 0.00578. The highest BCUT2D eigenvalue weighted by Gasteiger charge is 2.52. The van der Waals surface area contributed by atoms with E-state index in [1.165, 1.54) is 12.8 Å². The first-order chi connectivity index (χ1) is 9.39. The van der Waals surface area contributed by atoms with Gasteiger partial charge in [0.25, 0.3) is 0 Å². The summed E-state index contributed by atoms with van der Waals surface area (Å²) < 4.78 is 12.1. The zero-order valence-corrected chi connectivity index (χ0v) is 12.7. The Morgan fingerprint density at radius 3 is 2.25 bits per heavy atom. The van der Waals surface area contributed by atoms with Crippen LogP contribution in [0, 0.1) is 0 Å². The molecule has 0 atom stereocenters. The SMILES string of the molecule is CC1(C)OB(c2cc(N3CCCC3)ncn2)OC1(C)C. The minimum absolute atomic E-state index is 0.337. The number of nitrogens with zero attached hydrogens (tertiary/aromatic N) is 3. The van der Waals surface area contributed by atoms with Crippen molar-refractivity contribution in [2.24, 2.45) is 0 Å². The largest absolute Gasteiger partial charge is 0.514 e. The van der Waals surface area contributed by atoms with Crippen molar-refractivity contribution in [2.75, 3.05) is 18.0 Å². The predicted octanol–water partition coefficient (Wildman–Crippen LogP) is 1.38. The molecule has 0 amide bonds. The first-order valence-corrected chi connectivity index (χ1v) is 7.32. The van der Waals surface area contributed by atoms with Crippen molar-refractivity contribution >= 4 is 18.5 Å². The lowest BCUT2D eigenvalue weighted by Crippen LogP contribution is -2.41. The maximum atomic E-state index is 6.04. The summed E-state index contributed by atoms with van der Waals surface area (Å²) in [6, 6.07) is 1.99. The standard InChI is InChI=1S/C14H22BN3O2/c1-13(2)14(3,4)20-15(19-13)11-9-12(17-10-16-11)18-7-5-6-8-18/h9-10H,5-8H2,1-4H3. The van der Waals surface area contributed by atoms with Gasteiger partial charge < -0.3 is 14.2 Å². The van der Waals surface area contributed by atoms with Crippen LogP contribution >= 0.6 is 0 Å². The Morgan fingerprint density at radius 2 is 1.65 bits per heavy atom. The molecule has 0 saturated carbocycles. The molecule has 3 rings (SSSR count). The summed E-state index contributed by atoms with van der Waals surface area (Å²) >= 11 is 0. The summed E-state index contributed by atoms with van der Waals surface area (Å²) in [4.78, 5) is 11.0. The van der Waals surface area contributed by atoms with Crippen LogP contribution in [0.4, 0.5) is 5.82 Å². The average Bonchev–Trinajstić information content (AvgIpc) is 2.97. The molecule has 108 valence electrons. The van der Waals surface area contributed by atoms with Gasteiger partial charge in [-0.1, -0.05) is 0 Å². The maximum absolute atomic E-state index is 6.04. The Kier molecular flexibility index (Phi) is 3.25. The summed E-state index contributed by atoms with van der Waals surface area (Å²) in [5.41, 5.74) is 0.132. The van der Waals surface area contributed by atoms with Crippen LogP contribution in [-0.4, -0.2) is 41.4 Å². The van der Waals surface area contributed by atoms with E-state index in [0.29, 0.717) is 0 Å². The molecule has 0 radical (unpaired) electrons. The molecule has 0 unspecified atom stereocenters. The van der Waals surface area contributed by atoms with Crippen molar-refractivity contribution in [3.05, 3.63) is 12.4 Å². The third kappa shape index (κ3) is 2.31. The highest BCUT2D eigenvalue weighted by atomic mass is 16.7. The van der Waals surface area contributed by atoms with Crippen molar-refractivity contribution in [1.82, 2.24) is 9.97 Å². The summed E-state index contributed by atoms with van der Waals surface area (Å²) in [5.74, 6) is 0.974. The second-order valence-corrected chi connectivity index (χ2v) is 6.58. The predicted molar refractivity (Wildman–Crippen MR) is 79.2 cm³/mol. The molecule has 2 saturated heterocycles. The van der Waals surface area contributed by atoms with E-state index in [0.717, 1.165) is 24.5 Å². The normalized spacial score (nSPS) is 24.4. The number of aromatic nitrogens is 2. The van der Waals surface area contributed by atoms with Gasteiger partial charge >= 0.3 is 7.12 Å². The molecular formula is C14H22BN3O2. The first-order valence-electron chi connectivity index (χ1n) is 7.32. The molecule has 0 spiro atoms. The van der Waals surface area contributed by atoms with Gasteiger partial charge in [-0.05, 0) is 46.6 Å². The molecule has 20 heavy (non-hydrogen) atoms. The third-order valence-electron chi connectivity index (χ3n) is 4.60. The Morgan fingerprint density at radius 1 is 1.05 bits per heavy atom. The fourth-order valence-electron chi connectivity index (χ4n) is 2.57. The van der Waals surface area contributed by atoms with Crippen LogP contribution in [0.2, 0.25) is 0 Å². The van der Waals surface area contributed by atoms with E-state index in [2.05, 4.69) is 42.6 Å². The third-order valence-corrected chi connectivity index (χ3v) is 4.60. The Labute approximate surface area is 120 Å². The Bertz CT molecular complexity index is 485. The van der Waals surface area contributed by atoms with Crippen molar-refractivity contribution in [3.8, 4) is 0 Å². The minimum Gasteiger partial charge on any atom is -0.398 e. The minimum atomic E-state index is -0.413. The van der Waals surface area contributed by atoms with Gasteiger partial charge in [-0.15, -0.1) is 0 Å². The molecule has 0 aromatic carbocycles. The number of hydrogen-bond acceptors (Lipinski definition) is 5. The second kappa shape index (κ2) is 4.70. The highest BCUT2D eigenvalue weighted by molar-refractivity contribution is 6.61. The molecule has 1 aromatic heterocycles. The lowest BCUT2D eigenvalue weighted by Gasteiger charge is -2.32. The van der Waals surface area contributed by atoms with E-state index in [1.54, 1.807) is 6.33 Å². The van der Waals surface area contributed by atoms with Gasteiger partial charge in [-0.3, -0.25) is 0 Å². The van der Waals surface area contributed by atoms with E-state index in [-0.39, 0.29) is 11.2 Å². The number of rotatable bonds is 2. The summed E-state index contributed by atoms with van der Waals surface area (Å²) in [5, 5.41) is 0. The Hall–Kier alpha value is -1.14. The van der Waals surface area contributed by atoms with Crippen LogP contribution in [0.25, 0.3) is 0 Å². The monoisotopic (exact) mass is 275 g/mol. The molecular weight excluding hydrogens is 253 g/mol. The number of anilines is 1. The Balaban J connectivity index is 1.83. The van der Waals surface area contributed by atoms with Crippen LogP contribution in [0.3, 0.4) is 0 Å². The fraction of sp³-hybridized carbons (Fsp3) is 0.714. The zero-order valence-electron chi connectivity index (χ0n) is 12.7. The topological polar surface area (TPSA) is 47.5 Å². The molecule has 0 N–H and O–H groups in total. The summed E-state index contributed by atoms with van der Waals surface area (Å²) in [7, 11) is -0.413. The van der Waals surface area contributed by atoms with Crippen molar-refractivity contribution in [1.29, 1.82) is 0 Å². The lowest BCUT2D eigenvalue weighted by atomic mass is 9.84. The van der Waals surface area contributed by atoms with Crippen LogP contribution in [0.5, 0.6) is 0 Å². The van der Waals surface area contributed by atoms with Gasteiger partial charge in [-0.2, -0.15) is 0 Å². The van der Waals surface area contributed by atoms with Crippen molar-refractivity contribution in [2.45, 2.75) is 51.7 Å². The van der Waals surface area contributed by atoms with Gasteiger partial charge in [0, 0.05) is 13.1 Å². The molecule has 2 aliphatic heterocycles. The highest BCUT2D eigenvalue weighted by Crippen LogP contribution is 2.36. The summed E-state index contributed by atoms with van der Waals surface area (Å²) in [6.07, 6.45) is 4.07. The van der Waals surface area contributed by atoms with Crippen molar-refractivity contribution < 1.29 is 9.31 Å². The van der Waals surface area contributed by atoms with Gasteiger partial charge in [-0.25, -0.2) is 9.97 Å². The first kappa shape index (κ1) is 13.8. The van der Waals surface area contributed by atoms with Crippen molar-refractivity contribution in [3.63, 3.8) is 0 Å². The smallest absolute Gasteiger partial charge is 0.398 e. The van der Waals surface area contributed by atoms with Crippen LogP contribution < -0.4 is 10.5 Å². The molecule has 5 nitrogen and oxygen atoms in total. The number of hydrogen-bond donors (Lipinski definition) is 0. The van der Waals surface area contributed by atoms with E-state index in [4.69, 9.17) is 9.31 Å². The molecule has 6 heteroatoms. The van der Waals surface area contributed by atoms with Gasteiger partial charge in [0.05, 0.1) is 16.8 Å². The van der Waals surface area contributed by atoms with E-state index < -0.39 is 7.12 Å². The van der Waals surface area contributed by atoms with E-state index in [9.17, 15) is 0 Å². The van der Waals surface area contributed by atoms with Gasteiger partial charge in [0.2, 0.25) is 0 Å². The zero-order chi connectivity index (χ0) is 14.4. The molecule has 3 heterocycles. The van der Waals surface area contributed by atoms with Crippen LogP contribution in [0.15, 0.2) is 12.4 Å². The second-order valence-electron chi connectivity index (χ2n) is 6.58. The van der Waals surface area contributed by atoms with Crippen LogP contribution in [0.1, 0.15) is 40.5 Å². The van der Waals surface area contributed by atoms with E-state index >= 15 is 0 Å². The van der Waals surface area contributed by atoms with Gasteiger partial charge in [0.1, 0.15) is 12.1 Å². The fourth-order valence-corrected chi connectivity index (χ4v) is 2.57. The maximum Gasteiger partial charge on any atom is 0.514 e. The molecule has 0 bridgehead atoms. The molecule has 2 fully saturated rings. The average molecular weight is 275 g/mol. The molecule has 2 aliphatic rings. The quantitative estimate of drug-likeness (QED) is 0.763.